The van der Waals surface area contributed by atoms with Gasteiger partial charge in [-0.1, -0.05) is 54.2 Å². The molecule has 42 heavy (non-hydrogen) atoms. The normalized spacial score (nSPS) is 14.1. The molecule has 1 aliphatic rings. The summed E-state index contributed by atoms with van der Waals surface area (Å²) in [6.45, 7) is 4.37. The molecule has 0 saturated heterocycles. The van der Waals surface area contributed by atoms with Crippen LogP contribution in [-0.2, 0) is 10.1 Å². The fourth-order valence-corrected chi connectivity index (χ4v) is 7.77. The van der Waals surface area contributed by atoms with Crippen LogP contribution in [0.3, 0.4) is 0 Å². The van der Waals surface area contributed by atoms with Crippen molar-refractivity contribution in [3.63, 3.8) is 0 Å². The van der Waals surface area contributed by atoms with E-state index in [0.29, 0.717) is 11.7 Å². The molecular weight excluding hydrogens is 585 g/mol. The van der Waals surface area contributed by atoms with E-state index in [1.165, 1.54) is 11.8 Å². The maximum absolute atomic E-state index is 11.3. The minimum atomic E-state index is -4.29. The third kappa shape index (κ3) is 6.22. The summed E-state index contributed by atoms with van der Waals surface area (Å²) in [6.07, 6.45) is 2.40. The van der Waals surface area contributed by atoms with E-state index in [1.807, 2.05) is 68.4 Å². The lowest BCUT2D eigenvalue weighted by atomic mass is 10.1. The molecule has 0 bridgehead atoms. The Hall–Kier alpha value is -3.70. The number of pyridine rings is 1. The second-order valence-electron chi connectivity index (χ2n) is 9.98. The molecular formula is C32H28N4O3S3. The first-order valence-corrected chi connectivity index (χ1v) is 16.7. The monoisotopic (exact) mass is 612 g/mol. The van der Waals surface area contributed by atoms with Gasteiger partial charge in [0.05, 0.1) is 26.2 Å². The zero-order valence-electron chi connectivity index (χ0n) is 23.1. The van der Waals surface area contributed by atoms with Crippen molar-refractivity contribution in [3.8, 4) is 5.69 Å². The Bertz CT molecular complexity index is 1910. The van der Waals surface area contributed by atoms with Crippen LogP contribution in [0, 0.1) is 13.8 Å². The topological polar surface area (TPSA) is 90.1 Å². The van der Waals surface area contributed by atoms with Gasteiger partial charge in [-0.25, -0.2) is 18.4 Å². The van der Waals surface area contributed by atoms with Gasteiger partial charge in [-0.3, -0.25) is 0 Å². The average Bonchev–Trinajstić information content (AvgIpc) is 3.29. The Morgan fingerprint density at radius 2 is 1.62 bits per heavy atom. The molecule has 0 fully saturated rings. The molecule has 0 aliphatic carbocycles. The summed E-state index contributed by atoms with van der Waals surface area (Å²) in [6, 6.07) is 30.7. The SMILES string of the molecule is Cc1cc(C)nc(Sc2cc(C=C3Sc4ccccc4N3CCCS(=O)(=O)[O-])c3ccccc3[n+]2-c2ccccc2)n1. The molecule has 212 valence electrons. The van der Waals surface area contributed by atoms with Gasteiger partial charge in [-0.15, -0.1) is 4.57 Å². The number of aromatic nitrogens is 3. The predicted molar refractivity (Wildman–Crippen MR) is 168 cm³/mol. The first kappa shape index (κ1) is 28.4. The van der Waals surface area contributed by atoms with Crippen molar-refractivity contribution in [2.75, 3.05) is 17.2 Å². The highest BCUT2D eigenvalue weighted by atomic mass is 32.2. The third-order valence-corrected chi connectivity index (χ3v) is 9.59. The zero-order chi connectivity index (χ0) is 29.3. The molecule has 0 atom stereocenters. The molecule has 0 amide bonds. The van der Waals surface area contributed by atoms with E-state index in [4.69, 9.17) is 9.97 Å². The second kappa shape index (κ2) is 11.9. The number of para-hydroxylation sites is 3. The maximum Gasteiger partial charge on any atom is 0.254 e. The number of thioether (sulfide) groups is 1. The minimum Gasteiger partial charge on any atom is -0.748 e. The van der Waals surface area contributed by atoms with E-state index >= 15 is 0 Å². The van der Waals surface area contributed by atoms with E-state index < -0.39 is 15.9 Å². The second-order valence-corrected chi connectivity index (χ2v) is 13.6. The molecule has 6 rings (SSSR count). The molecule has 10 heteroatoms. The fourth-order valence-electron chi connectivity index (χ4n) is 5.10. The van der Waals surface area contributed by atoms with Crippen LogP contribution in [0.25, 0.3) is 22.7 Å². The van der Waals surface area contributed by atoms with Crippen LogP contribution in [0.2, 0.25) is 0 Å². The van der Waals surface area contributed by atoms with Crippen LogP contribution in [0.1, 0.15) is 23.4 Å². The molecule has 0 radical (unpaired) electrons. The minimum absolute atomic E-state index is 0.243. The highest BCUT2D eigenvalue weighted by Gasteiger charge is 2.27. The van der Waals surface area contributed by atoms with Crippen molar-refractivity contribution in [3.05, 3.63) is 113 Å². The van der Waals surface area contributed by atoms with Gasteiger partial charge in [-0.05, 0) is 56.2 Å². The van der Waals surface area contributed by atoms with Crippen LogP contribution in [0.15, 0.2) is 111 Å². The van der Waals surface area contributed by atoms with Crippen LogP contribution in [0.5, 0.6) is 0 Å². The summed E-state index contributed by atoms with van der Waals surface area (Å²) in [5.41, 5.74) is 5.92. The van der Waals surface area contributed by atoms with Gasteiger partial charge in [0.15, 0.2) is 5.16 Å². The highest BCUT2D eigenvalue weighted by molar-refractivity contribution is 8.04. The molecule has 1 aliphatic heterocycles. The molecule has 2 aromatic heterocycles. The van der Waals surface area contributed by atoms with Crippen molar-refractivity contribution in [2.45, 2.75) is 35.3 Å². The summed E-state index contributed by atoms with van der Waals surface area (Å²) in [5.74, 6) is -0.397. The zero-order valence-corrected chi connectivity index (χ0v) is 25.5. The molecule has 5 aromatic rings. The Labute approximate surface area is 254 Å². The Morgan fingerprint density at radius 3 is 2.38 bits per heavy atom. The van der Waals surface area contributed by atoms with Gasteiger partial charge in [0.2, 0.25) is 11.2 Å². The number of aryl methyl sites for hydroxylation is 2. The maximum atomic E-state index is 11.3. The van der Waals surface area contributed by atoms with Gasteiger partial charge < -0.3 is 9.45 Å². The smallest absolute Gasteiger partial charge is 0.254 e. The van der Waals surface area contributed by atoms with Crippen molar-refractivity contribution >= 4 is 56.3 Å². The predicted octanol–water partition coefficient (Wildman–Crippen LogP) is 6.52. The Kier molecular flexibility index (Phi) is 8.04. The first-order valence-electron chi connectivity index (χ1n) is 13.5. The van der Waals surface area contributed by atoms with Crippen LogP contribution >= 0.6 is 23.5 Å². The lowest BCUT2D eigenvalue weighted by molar-refractivity contribution is -0.608. The molecule has 7 nitrogen and oxygen atoms in total. The summed E-state index contributed by atoms with van der Waals surface area (Å²) in [5, 5.41) is 3.68. The molecule has 3 heterocycles. The van der Waals surface area contributed by atoms with Gasteiger partial charge >= 0.3 is 0 Å². The molecule has 0 spiro atoms. The Balaban J connectivity index is 1.51. The molecule has 3 aromatic carbocycles. The third-order valence-electron chi connectivity index (χ3n) is 6.82. The number of anilines is 1. The van der Waals surface area contributed by atoms with E-state index in [9.17, 15) is 13.0 Å². The number of fused-ring (bicyclic) bond motifs is 2. The molecule has 0 saturated carbocycles. The van der Waals surface area contributed by atoms with Gasteiger partial charge in [0.1, 0.15) is 0 Å². The standard InChI is InChI=1S/C32H28N4O3S3/c1-22-19-23(2)34-32(33-22)41-31-21-24(26-13-6-7-14-27(26)36(31)25-11-4-3-5-12-25)20-30-35(17-10-18-42(37,38)39)28-15-8-9-16-29(28)40-30/h3-9,11-16,19-21H,10,17-18H2,1-2H3. The summed E-state index contributed by atoms with van der Waals surface area (Å²) in [4.78, 5) is 12.6. The van der Waals surface area contributed by atoms with Crippen LogP contribution in [-0.4, -0.2) is 35.2 Å². The van der Waals surface area contributed by atoms with E-state index in [2.05, 4.69) is 51.9 Å². The van der Waals surface area contributed by atoms with Gasteiger partial charge in [-0.2, -0.15) is 0 Å². The quantitative estimate of drug-likeness (QED) is 0.111. The largest absolute Gasteiger partial charge is 0.748 e. The highest BCUT2D eigenvalue weighted by Crippen LogP contribution is 2.47. The summed E-state index contributed by atoms with van der Waals surface area (Å²) in [7, 11) is -4.29. The van der Waals surface area contributed by atoms with E-state index in [-0.39, 0.29) is 6.42 Å². The lowest BCUT2D eigenvalue weighted by Crippen LogP contribution is -2.34. The van der Waals surface area contributed by atoms with Crippen molar-refractivity contribution < 1.29 is 17.5 Å². The first-order chi connectivity index (χ1) is 20.2. The van der Waals surface area contributed by atoms with Crippen molar-refractivity contribution in [2.24, 2.45) is 0 Å². The van der Waals surface area contributed by atoms with Crippen molar-refractivity contribution in [1.82, 2.24) is 9.97 Å². The summed E-state index contributed by atoms with van der Waals surface area (Å²) >= 11 is 3.16. The van der Waals surface area contributed by atoms with Crippen LogP contribution < -0.4 is 9.47 Å². The molecule has 0 unspecified atom stereocenters. The number of rotatable bonds is 8. The Morgan fingerprint density at radius 1 is 0.929 bits per heavy atom. The molecule has 0 N–H and O–H groups in total. The van der Waals surface area contributed by atoms with Crippen molar-refractivity contribution in [1.29, 1.82) is 0 Å². The average molecular weight is 613 g/mol. The van der Waals surface area contributed by atoms with E-state index in [1.54, 1.807) is 11.8 Å². The number of nitrogens with zero attached hydrogens (tertiary/aromatic N) is 4. The van der Waals surface area contributed by atoms with Gasteiger partial charge in [0.25, 0.3) is 5.03 Å². The van der Waals surface area contributed by atoms with E-state index in [0.717, 1.165) is 54.2 Å². The number of hydrogen-bond acceptors (Lipinski definition) is 8. The van der Waals surface area contributed by atoms with Gasteiger partial charge in [0, 0.05) is 64.6 Å². The fraction of sp³-hybridized carbons (Fsp3) is 0.156. The van der Waals surface area contributed by atoms with Crippen LogP contribution in [0.4, 0.5) is 5.69 Å². The summed E-state index contributed by atoms with van der Waals surface area (Å²) < 4.78 is 36.3. The number of hydrogen-bond donors (Lipinski definition) is 0. The lowest BCUT2D eigenvalue weighted by Gasteiger charge is -2.21. The number of benzene rings is 3.